The number of nitrogens with two attached hydrogens (primary N) is 1. The molecular weight excluding hydrogens is 244 g/mol. The first-order valence-corrected chi connectivity index (χ1v) is 6.56. The predicted molar refractivity (Wildman–Crippen MR) is 72.5 cm³/mol. The van der Waals surface area contributed by atoms with Crippen LogP contribution < -0.4 is 5.73 Å². The summed E-state index contributed by atoms with van der Waals surface area (Å²) in [6, 6.07) is -0.0443. The van der Waals surface area contributed by atoms with E-state index in [2.05, 4.69) is 4.98 Å². The highest BCUT2D eigenvalue weighted by Crippen LogP contribution is 2.32. The van der Waals surface area contributed by atoms with Crippen LogP contribution in [0.15, 0.2) is 6.20 Å². The monoisotopic (exact) mass is 266 g/mol. The number of anilines is 1. The molecule has 1 unspecified atom stereocenters. The number of carbonyl (C=O) groups excluding carboxylic acids is 1. The molecule has 0 aliphatic carbocycles. The van der Waals surface area contributed by atoms with Crippen molar-refractivity contribution in [2.45, 2.75) is 45.3 Å². The number of rotatable bonds is 1. The maximum atomic E-state index is 12.2. The average molecular weight is 266 g/mol. The summed E-state index contributed by atoms with van der Waals surface area (Å²) < 4.78 is 7.32. The summed E-state index contributed by atoms with van der Waals surface area (Å²) in [6.45, 7) is 6.31. The average Bonchev–Trinajstić information content (AvgIpc) is 2.81. The van der Waals surface area contributed by atoms with Crippen LogP contribution in [-0.2, 0) is 11.8 Å². The van der Waals surface area contributed by atoms with Gasteiger partial charge in [-0.05, 0) is 33.6 Å². The summed E-state index contributed by atoms with van der Waals surface area (Å²) in [5.74, 6) is 1.30. The zero-order chi connectivity index (χ0) is 14.2. The second-order valence-corrected chi connectivity index (χ2v) is 5.97. The molecule has 1 aliphatic rings. The van der Waals surface area contributed by atoms with Crippen molar-refractivity contribution in [2.24, 2.45) is 7.05 Å². The van der Waals surface area contributed by atoms with Crippen molar-refractivity contribution >= 4 is 11.9 Å². The second kappa shape index (κ2) is 4.75. The van der Waals surface area contributed by atoms with Gasteiger partial charge >= 0.3 is 6.09 Å². The molecule has 106 valence electrons. The van der Waals surface area contributed by atoms with Crippen molar-refractivity contribution in [3.05, 3.63) is 12.0 Å². The molecule has 6 nitrogen and oxygen atoms in total. The highest BCUT2D eigenvalue weighted by molar-refractivity contribution is 5.69. The summed E-state index contributed by atoms with van der Waals surface area (Å²) in [5.41, 5.74) is 5.22. The smallest absolute Gasteiger partial charge is 0.410 e. The van der Waals surface area contributed by atoms with Crippen molar-refractivity contribution in [3.8, 4) is 0 Å². The van der Waals surface area contributed by atoms with E-state index >= 15 is 0 Å². The first kappa shape index (κ1) is 13.7. The number of amides is 1. The zero-order valence-corrected chi connectivity index (χ0v) is 12.0. The Kier molecular flexibility index (Phi) is 3.43. The minimum atomic E-state index is -0.481. The normalized spacial score (nSPS) is 19.8. The van der Waals surface area contributed by atoms with Gasteiger partial charge in [-0.25, -0.2) is 9.78 Å². The van der Waals surface area contributed by atoms with E-state index in [0.717, 1.165) is 18.7 Å². The van der Waals surface area contributed by atoms with Gasteiger partial charge in [0.25, 0.3) is 0 Å². The van der Waals surface area contributed by atoms with Crippen molar-refractivity contribution in [1.82, 2.24) is 14.5 Å². The van der Waals surface area contributed by atoms with E-state index in [-0.39, 0.29) is 12.1 Å². The Morgan fingerprint density at radius 3 is 2.74 bits per heavy atom. The molecule has 2 heterocycles. The lowest BCUT2D eigenvalue weighted by Crippen LogP contribution is -2.37. The van der Waals surface area contributed by atoms with Crippen LogP contribution in [0.4, 0.5) is 10.6 Å². The molecule has 1 aromatic rings. The van der Waals surface area contributed by atoms with Crippen LogP contribution >= 0.6 is 0 Å². The third kappa shape index (κ3) is 3.00. The van der Waals surface area contributed by atoms with Crippen LogP contribution in [0.3, 0.4) is 0 Å². The summed E-state index contributed by atoms with van der Waals surface area (Å²) in [5, 5.41) is 0. The van der Waals surface area contributed by atoms with Crippen LogP contribution in [0, 0.1) is 0 Å². The van der Waals surface area contributed by atoms with E-state index in [1.165, 1.54) is 0 Å². The number of hydrogen-bond donors (Lipinski definition) is 1. The Hall–Kier alpha value is -1.72. The van der Waals surface area contributed by atoms with Gasteiger partial charge in [0, 0.05) is 19.8 Å². The number of ether oxygens (including phenoxy) is 1. The SMILES string of the molecule is Cn1cc(N)nc1C1CCCN1C(=O)OC(C)(C)C. The summed E-state index contributed by atoms with van der Waals surface area (Å²) in [7, 11) is 1.89. The number of nitrogen functional groups attached to an aromatic ring is 1. The lowest BCUT2D eigenvalue weighted by Gasteiger charge is -2.28. The maximum Gasteiger partial charge on any atom is 0.410 e. The van der Waals surface area contributed by atoms with E-state index in [4.69, 9.17) is 10.5 Å². The molecule has 2 N–H and O–H groups in total. The Morgan fingerprint density at radius 2 is 2.21 bits per heavy atom. The fourth-order valence-electron chi connectivity index (χ4n) is 2.39. The fourth-order valence-corrected chi connectivity index (χ4v) is 2.39. The first-order chi connectivity index (χ1) is 8.78. The van der Waals surface area contributed by atoms with Gasteiger partial charge in [-0.2, -0.15) is 0 Å². The van der Waals surface area contributed by atoms with Crippen LogP contribution in [0.5, 0.6) is 0 Å². The maximum absolute atomic E-state index is 12.2. The van der Waals surface area contributed by atoms with Gasteiger partial charge in [-0.1, -0.05) is 0 Å². The standard InChI is InChI=1S/C13H22N4O2/c1-13(2,3)19-12(18)17-7-5-6-9(17)11-15-10(14)8-16(11)4/h8-9H,5-7,14H2,1-4H3. The molecule has 2 rings (SSSR count). The first-order valence-electron chi connectivity index (χ1n) is 6.56. The van der Waals surface area contributed by atoms with Gasteiger partial charge in [0.1, 0.15) is 17.2 Å². The van der Waals surface area contributed by atoms with E-state index in [0.29, 0.717) is 12.4 Å². The molecule has 0 radical (unpaired) electrons. The van der Waals surface area contributed by atoms with Gasteiger partial charge in [0.15, 0.2) is 0 Å². The minimum Gasteiger partial charge on any atom is -0.444 e. The van der Waals surface area contributed by atoms with Gasteiger partial charge < -0.3 is 15.0 Å². The van der Waals surface area contributed by atoms with E-state index < -0.39 is 5.60 Å². The number of aryl methyl sites for hydroxylation is 1. The number of imidazole rings is 1. The Labute approximate surface area is 113 Å². The molecule has 0 spiro atoms. The molecule has 6 heteroatoms. The third-order valence-electron chi connectivity index (χ3n) is 3.11. The number of carbonyl (C=O) groups is 1. The topological polar surface area (TPSA) is 73.4 Å². The Bertz CT molecular complexity index is 475. The van der Waals surface area contributed by atoms with E-state index in [1.54, 1.807) is 11.1 Å². The second-order valence-electron chi connectivity index (χ2n) is 5.97. The third-order valence-corrected chi connectivity index (χ3v) is 3.11. The molecule has 1 atom stereocenters. The van der Waals surface area contributed by atoms with Crippen molar-refractivity contribution in [2.75, 3.05) is 12.3 Å². The van der Waals surface area contributed by atoms with Crippen LogP contribution in [-0.4, -0.2) is 32.7 Å². The molecule has 19 heavy (non-hydrogen) atoms. The number of aromatic nitrogens is 2. The number of nitrogens with zero attached hydrogens (tertiary/aromatic N) is 3. The molecule has 0 aromatic carbocycles. The molecule has 1 amide bonds. The van der Waals surface area contributed by atoms with Crippen molar-refractivity contribution in [1.29, 1.82) is 0 Å². The highest BCUT2D eigenvalue weighted by atomic mass is 16.6. The minimum absolute atomic E-state index is 0.0443. The number of likely N-dealkylation sites (tertiary alicyclic amines) is 1. The van der Waals surface area contributed by atoms with Crippen LogP contribution in [0.25, 0.3) is 0 Å². The molecule has 1 fully saturated rings. The van der Waals surface area contributed by atoms with Gasteiger partial charge in [-0.15, -0.1) is 0 Å². The quantitative estimate of drug-likeness (QED) is 0.844. The summed E-state index contributed by atoms with van der Waals surface area (Å²) in [4.78, 5) is 18.3. The van der Waals surface area contributed by atoms with Crippen LogP contribution in [0.1, 0.15) is 45.5 Å². The largest absolute Gasteiger partial charge is 0.444 e. The summed E-state index contributed by atoms with van der Waals surface area (Å²) in [6.07, 6.45) is 3.33. The lowest BCUT2D eigenvalue weighted by molar-refractivity contribution is 0.0216. The Morgan fingerprint density at radius 1 is 1.53 bits per heavy atom. The van der Waals surface area contributed by atoms with E-state index in [1.807, 2.05) is 32.4 Å². The molecule has 1 saturated heterocycles. The van der Waals surface area contributed by atoms with Crippen LogP contribution in [0.2, 0.25) is 0 Å². The van der Waals surface area contributed by atoms with Crippen molar-refractivity contribution < 1.29 is 9.53 Å². The van der Waals surface area contributed by atoms with E-state index in [9.17, 15) is 4.79 Å². The highest BCUT2D eigenvalue weighted by Gasteiger charge is 2.35. The zero-order valence-electron chi connectivity index (χ0n) is 12.0. The molecule has 0 saturated carbocycles. The van der Waals surface area contributed by atoms with Gasteiger partial charge in [0.2, 0.25) is 0 Å². The molecular formula is C13H22N4O2. The van der Waals surface area contributed by atoms with Gasteiger partial charge in [-0.3, -0.25) is 4.90 Å². The van der Waals surface area contributed by atoms with Gasteiger partial charge in [0.05, 0.1) is 6.04 Å². The Balaban J connectivity index is 2.17. The lowest BCUT2D eigenvalue weighted by atomic mass is 10.2. The fraction of sp³-hybridized carbons (Fsp3) is 0.692. The molecule has 1 aliphatic heterocycles. The summed E-state index contributed by atoms with van der Waals surface area (Å²) >= 11 is 0. The number of hydrogen-bond acceptors (Lipinski definition) is 4. The van der Waals surface area contributed by atoms with Crippen molar-refractivity contribution in [3.63, 3.8) is 0 Å². The molecule has 0 bridgehead atoms. The molecule has 1 aromatic heterocycles. The predicted octanol–water partition coefficient (Wildman–Crippen LogP) is 2.07.